The lowest BCUT2D eigenvalue weighted by atomic mass is 9.83. The molecule has 1 aliphatic heterocycles. The maximum atomic E-state index is 14.4. The fraction of sp³-hybridized carbons (Fsp3) is 0.294. The van der Waals surface area contributed by atoms with Crippen molar-refractivity contribution in [2.24, 2.45) is 11.8 Å². The van der Waals surface area contributed by atoms with Crippen LogP contribution in [-0.2, 0) is 4.74 Å². The Kier molecular flexibility index (Phi) is 7.42. The molecular formula is C34H33FN6O4. The minimum absolute atomic E-state index is 0.149. The lowest BCUT2D eigenvalue weighted by Gasteiger charge is -2.32. The van der Waals surface area contributed by atoms with Gasteiger partial charge in [-0.15, -0.1) is 0 Å². The number of phenolic OH excluding ortho intramolecular Hbond substituents is 1. The van der Waals surface area contributed by atoms with Crippen molar-refractivity contribution in [1.82, 2.24) is 24.6 Å². The van der Waals surface area contributed by atoms with E-state index in [9.17, 15) is 14.3 Å². The number of hydrogen-bond acceptors (Lipinski definition) is 9. The number of halogens is 1. The Morgan fingerprint density at radius 2 is 1.91 bits per heavy atom. The van der Waals surface area contributed by atoms with E-state index in [2.05, 4.69) is 40.0 Å². The number of anilines is 1. The second kappa shape index (κ2) is 11.6. The normalized spacial score (nSPS) is 19.7. The van der Waals surface area contributed by atoms with Gasteiger partial charge >= 0.3 is 5.63 Å². The molecule has 1 aliphatic carbocycles. The Labute approximate surface area is 258 Å². The molecule has 0 spiro atoms. The molecule has 5 aromatic rings. The molecule has 3 aromatic heterocycles. The van der Waals surface area contributed by atoms with Crippen LogP contribution < -0.4 is 11.4 Å². The fourth-order valence-corrected chi connectivity index (χ4v) is 6.44. The molecule has 1 saturated heterocycles. The number of hydrogen-bond donors (Lipinski definition) is 2. The molecule has 0 amide bonds. The monoisotopic (exact) mass is 608 g/mol. The van der Waals surface area contributed by atoms with E-state index in [-0.39, 0.29) is 17.5 Å². The molecule has 2 aromatic carbocycles. The van der Waals surface area contributed by atoms with Crippen LogP contribution in [0.2, 0.25) is 0 Å². The zero-order valence-electron chi connectivity index (χ0n) is 25.0. The van der Waals surface area contributed by atoms with Gasteiger partial charge in [0.05, 0.1) is 24.0 Å². The number of morpholine rings is 1. The second-order valence-electron chi connectivity index (χ2n) is 11.7. The van der Waals surface area contributed by atoms with Crippen LogP contribution in [0.1, 0.15) is 31.2 Å². The van der Waals surface area contributed by atoms with Gasteiger partial charge in [0, 0.05) is 42.2 Å². The zero-order chi connectivity index (χ0) is 31.2. The third-order valence-corrected chi connectivity index (χ3v) is 8.79. The van der Waals surface area contributed by atoms with Gasteiger partial charge in [0.25, 0.3) is 0 Å². The molecular weight excluding hydrogens is 575 g/mol. The van der Waals surface area contributed by atoms with Crippen molar-refractivity contribution >= 4 is 33.2 Å². The van der Waals surface area contributed by atoms with Gasteiger partial charge in [-0.1, -0.05) is 43.4 Å². The topological polar surface area (TPSA) is 133 Å². The Hall–Kier alpha value is -4.87. The molecule has 3 N–H and O–H groups in total. The average molecular weight is 609 g/mol. The molecule has 4 heterocycles. The molecule has 0 bridgehead atoms. The van der Waals surface area contributed by atoms with Gasteiger partial charge in [-0.25, -0.2) is 23.8 Å². The Bertz CT molecular complexity index is 2020. The van der Waals surface area contributed by atoms with Gasteiger partial charge in [-0.05, 0) is 42.5 Å². The van der Waals surface area contributed by atoms with Gasteiger partial charge in [-0.3, -0.25) is 4.90 Å². The summed E-state index contributed by atoms with van der Waals surface area (Å²) in [5.41, 5.74) is 8.56. The average Bonchev–Trinajstić information content (AvgIpc) is 3.43. The third-order valence-electron chi connectivity index (χ3n) is 8.79. The molecule has 10 nitrogen and oxygen atoms in total. The van der Waals surface area contributed by atoms with Gasteiger partial charge < -0.3 is 20.0 Å². The summed E-state index contributed by atoms with van der Waals surface area (Å²) >= 11 is 0. The predicted molar refractivity (Wildman–Crippen MR) is 170 cm³/mol. The van der Waals surface area contributed by atoms with Gasteiger partial charge in [0.1, 0.15) is 41.2 Å². The van der Waals surface area contributed by atoms with Crippen LogP contribution in [0.4, 0.5) is 10.2 Å². The molecule has 0 saturated carbocycles. The fourth-order valence-electron chi connectivity index (χ4n) is 6.44. The molecule has 11 heteroatoms. The summed E-state index contributed by atoms with van der Waals surface area (Å²) < 4.78 is 27.6. The minimum Gasteiger partial charge on any atom is -0.508 e. The Balaban J connectivity index is 1.37. The van der Waals surface area contributed by atoms with Crippen LogP contribution in [-0.4, -0.2) is 62.6 Å². The summed E-state index contributed by atoms with van der Waals surface area (Å²) in [7, 11) is 0. The van der Waals surface area contributed by atoms with Crippen LogP contribution >= 0.6 is 0 Å². The highest BCUT2D eigenvalue weighted by Crippen LogP contribution is 2.39. The van der Waals surface area contributed by atoms with Crippen molar-refractivity contribution < 1.29 is 18.7 Å². The van der Waals surface area contributed by atoms with Gasteiger partial charge in [0.2, 0.25) is 0 Å². The van der Waals surface area contributed by atoms with E-state index < -0.39 is 17.5 Å². The minimum atomic E-state index is -0.638. The number of nitrogen functional groups attached to an aromatic ring is 1. The molecule has 2 aliphatic rings. The van der Waals surface area contributed by atoms with Gasteiger partial charge in [0.15, 0.2) is 5.65 Å². The Morgan fingerprint density at radius 1 is 1.13 bits per heavy atom. The maximum absolute atomic E-state index is 14.4. The summed E-state index contributed by atoms with van der Waals surface area (Å²) in [6.07, 6.45) is 7.93. The van der Waals surface area contributed by atoms with E-state index >= 15 is 0 Å². The first kappa shape index (κ1) is 28.9. The molecule has 7 rings (SSSR count). The standard InChI is InChI=1S/C34H33FN6O4/c1-19-13-21(7-8-22(19)17-40-9-11-44-12-10-40)28-26-5-3-4-6-27(26)34(43)45-31(28)20(2)41-33-29(32(36)37-18-38-33)30(39-41)23-14-24(35)16-25(42)15-23/h3-8,13-16,18-20,22,42H,9-12,17H2,1-2H3,(H2,36,37,38). The highest BCUT2D eigenvalue weighted by Gasteiger charge is 2.29. The van der Waals surface area contributed by atoms with Crippen LogP contribution in [0.15, 0.2) is 76.2 Å². The molecule has 230 valence electrons. The van der Waals surface area contributed by atoms with Crippen LogP contribution in [0.5, 0.6) is 5.75 Å². The van der Waals surface area contributed by atoms with Crippen molar-refractivity contribution in [1.29, 1.82) is 0 Å². The van der Waals surface area contributed by atoms with Crippen molar-refractivity contribution in [3.8, 4) is 17.0 Å². The number of benzene rings is 2. The van der Waals surface area contributed by atoms with Crippen molar-refractivity contribution in [2.75, 3.05) is 38.6 Å². The molecule has 3 unspecified atom stereocenters. The number of nitrogens with two attached hydrogens (primary N) is 1. The molecule has 45 heavy (non-hydrogen) atoms. The predicted octanol–water partition coefficient (Wildman–Crippen LogP) is 5.17. The SMILES string of the molecule is CC1C=C(c2c(C(C)n3nc(-c4cc(O)cc(F)c4)c4c(N)ncnc43)oc(=O)c3ccccc23)C=CC1CN1CCOCC1. The molecule has 1 fully saturated rings. The van der Waals surface area contributed by atoms with Gasteiger partial charge in [-0.2, -0.15) is 5.10 Å². The molecule has 0 radical (unpaired) electrons. The van der Waals surface area contributed by atoms with Crippen LogP contribution in [0, 0.1) is 17.7 Å². The number of fused-ring (bicyclic) bond motifs is 2. The maximum Gasteiger partial charge on any atom is 0.343 e. The zero-order valence-corrected chi connectivity index (χ0v) is 25.0. The van der Waals surface area contributed by atoms with Crippen molar-refractivity contribution in [2.45, 2.75) is 19.9 Å². The quantitative estimate of drug-likeness (QED) is 0.268. The number of rotatable bonds is 6. The Morgan fingerprint density at radius 3 is 2.67 bits per heavy atom. The molecule has 3 atom stereocenters. The summed E-state index contributed by atoms with van der Waals surface area (Å²) in [6.45, 7) is 8.37. The smallest absolute Gasteiger partial charge is 0.343 e. The third kappa shape index (κ3) is 5.27. The van der Waals surface area contributed by atoms with Crippen molar-refractivity contribution in [3.63, 3.8) is 0 Å². The highest BCUT2D eigenvalue weighted by molar-refractivity contribution is 5.99. The number of phenols is 1. The lowest BCUT2D eigenvalue weighted by Crippen LogP contribution is -2.40. The summed E-state index contributed by atoms with van der Waals surface area (Å²) in [6, 6.07) is 10.5. The summed E-state index contributed by atoms with van der Waals surface area (Å²) in [4.78, 5) is 24.4. The number of aromatic hydroxyl groups is 1. The number of aromatic nitrogens is 4. The first-order chi connectivity index (χ1) is 21.8. The second-order valence-corrected chi connectivity index (χ2v) is 11.7. The van der Waals surface area contributed by atoms with E-state index in [1.165, 1.54) is 18.5 Å². The summed E-state index contributed by atoms with van der Waals surface area (Å²) in [5.74, 6) is 0.230. The van der Waals surface area contributed by atoms with E-state index in [0.717, 1.165) is 55.4 Å². The summed E-state index contributed by atoms with van der Waals surface area (Å²) in [5, 5.41) is 16.6. The number of nitrogens with zero attached hydrogens (tertiary/aromatic N) is 5. The largest absolute Gasteiger partial charge is 0.508 e. The number of ether oxygens (including phenoxy) is 1. The van der Waals surface area contributed by atoms with Crippen LogP contribution in [0.3, 0.4) is 0 Å². The lowest BCUT2D eigenvalue weighted by molar-refractivity contribution is 0.0315. The van der Waals surface area contributed by atoms with E-state index in [1.807, 2.05) is 25.1 Å². The van der Waals surface area contributed by atoms with Crippen molar-refractivity contribution in [3.05, 3.63) is 94.6 Å². The first-order valence-electron chi connectivity index (χ1n) is 15.0. The van der Waals surface area contributed by atoms with E-state index in [1.54, 1.807) is 10.7 Å². The number of allylic oxidation sites excluding steroid dienone is 3. The van der Waals surface area contributed by atoms with E-state index in [0.29, 0.717) is 39.4 Å². The van der Waals surface area contributed by atoms with E-state index in [4.69, 9.17) is 20.0 Å². The highest BCUT2D eigenvalue weighted by atomic mass is 19.1. The van der Waals surface area contributed by atoms with Crippen LogP contribution in [0.25, 0.3) is 38.6 Å². The first-order valence-corrected chi connectivity index (χ1v) is 15.0.